The number of hydrogen-bond donors (Lipinski definition) is 2. The van der Waals surface area contributed by atoms with Gasteiger partial charge in [0, 0.05) is 17.0 Å². The van der Waals surface area contributed by atoms with Gasteiger partial charge < -0.3 is 11.1 Å². The molecule has 0 bridgehead atoms. The molecule has 1 unspecified atom stereocenters. The molecule has 0 radical (unpaired) electrons. The summed E-state index contributed by atoms with van der Waals surface area (Å²) in [6.45, 7) is 2.63. The first-order valence-corrected chi connectivity index (χ1v) is 8.24. The van der Waals surface area contributed by atoms with E-state index in [1.165, 1.54) is 5.56 Å². The van der Waals surface area contributed by atoms with Gasteiger partial charge in [-0.3, -0.25) is 4.79 Å². The molecular formula is C19H21ClN2O. The topological polar surface area (TPSA) is 55.1 Å². The third-order valence-electron chi connectivity index (χ3n) is 4.63. The average molecular weight is 329 g/mol. The number of nitrogens with one attached hydrogen (secondary N) is 1. The van der Waals surface area contributed by atoms with Crippen LogP contribution in [0.2, 0.25) is 5.02 Å². The standard InChI is InChI=1S/C19H21ClN2O/c1-13-2-4-14(5-3-13)17(21)18(23)22-12-19(10-11-19)15-6-8-16(20)9-7-15/h2-9,17H,10-12,21H2,1H3,(H,22,23). The van der Waals surface area contributed by atoms with E-state index in [4.69, 9.17) is 17.3 Å². The van der Waals surface area contributed by atoms with Gasteiger partial charge in [-0.1, -0.05) is 53.6 Å². The maximum atomic E-state index is 12.3. The molecule has 2 aromatic rings. The van der Waals surface area contributed by atoms with Crippen LogP contribution < -0.4 is 11.1 Å². The molecule has 1 amide bonds. The molecule has 1 atom stereocenters. The zero-order chi connectivity index (χ0) is 16.4. The van der Waals surface area contributed by atoms with Crippen LogP contribution in [0.4, 0.5) is 0 Å². The summed E-state index contributed by atoms with van der Waals surface area (Å²) in [6.07, 6.45) is 2.16. The van der Waals surface area contributed by atoms with E-state index in [9.17, 15) is 4.79 Å². The van der Waals surface area contributed by atoms with Gasteiger partial charge in [0.25, 0.3) is 0 Å². The Morgan fingerprint density at radius 2 is 1.78 bits per heavy atom. The van der Waals surface area contributed by atoms with E-state index in [-0.39, 0.29) is 11.3 Å². The number of carbonyl (C=O) groups is 1. The van der Waals surface area contributed by atoms with Crippen LogP contribution in [0, 0.1) is 6.92 Å². The van der Waals surface area contributed by atoms with Crippen LogP contribution in [0.1, 0.15) is 35.6 Å². The minimum atomic E-state index is -0.628. The van der Waals surface area contributed by atoms with E-state index in [0.29, 0.717) is 6.54 Å². The van der Waals surface area contributed by atoms with Gasteiger partial charge in [0.1, 0.15) is 6.04 Å². The summed E-state index contributed by atoms with van der Waals surface area (Å²) in [5, 5.41) is 3.75. The molecule has 0 aromatic heterocycles. The molecular weight excluding hydrogens is 308 g/mol. The molecule has 1 fully saturated rings. The van der Waals surface area contributed by atoms with Crippen LogP contribution in [0.25, 0.3) is 0 Å². The molecule has 3 N–H and O–H groups in total. The summed E-state index contributed by atoms with van der Waals surface area (Å²) >= 11 is 5.94. The fraction of sp³-hybridized carbons (Fsp3) is 0.316. The van der Waals surface area contributed by atoms with Crippen LogP contribution in [-0.2, 0) is 10.2 Å². The number of rotatable bonds is 5. The zero-order valence-electron chi connectivity index (χ0n) is 13.2. The second-order valence-corrected chi connectivity index (χ2v) is 6.83. The fourth-order valence-corrected chi connectivity index (χ4v) is 2.94. The van der Waals surface area contributed by atoms with E-state index in [0.717, 1.165) is 29.0 Å². The minimum Gasteiger partial charge on any atom is -0.354 e. The lowest BCUT2D eigenvalue weighted by Crippen LogP contribution is -2.38. The maximum absolute atomic E-state index is 12.3. The Kier molecular flexibility index (Phi) is 4.42. The molecule has 1 aliphatic carbocycles. The molecule has 0 spiro atoms. The molecule has 1 saturated carbocycles. The largest absolute Gasteiger partial charge is 0.354 e. The summed E-state index contributed by atoms with van der Waals surface area (Å²) in [5.41, 5.74) is 9.34. The summed E-state index contributed by atoms with van der Waals surface area (Å²) in [4.78, 5) is 12.3. The van der Waals surface area contributed by atoms with Crippen LogP contribution >= 0.6 is 11.6 Å². The van der Waals surface area contributed by atoms with Gasteiger partial charge in [0.05, 0.1) is 0 Å². The average Bonchev–Trinajstić information content (AvgIpc) is 3.34. The number of aryl methyl sites for hydroxylation is 1. The van der Waals surface area contributed by atoms with E-state index >= 15 is 0 Å². The molecule has 0 aliphatic heterocycles. The smallest absolute Gasteiger partial charge is 0.241 e. The molecule has 4 heteroatoms. The quantitative estimate of drug-likeness (QED) is 0.882. The predicted octanol–water partition coefficient (Wildman–Crippen LogP) is 3.50. The van der Waals surface area contributed by atoms with Gasteiger partial charge in [-0.05, 0) is 43.0 Å². The number of amides is 1. The van der Waals surface area contributed by atoms with Crippen molar-refractivity contribution in [2.24, 2.45) is 5.73 Å². The van der Waals surface area contributed by atoms with E-state index < -0.39 is 6.04 Å². The molecule has 3 rings (SSSR count). The lowest BCUT2D eigenvalue weighted by atomic mass is 9.95. The molecule has 0 heterocycles. The summed E-state index contributed by atoms with van der Waals surface area (Å²) in [7, 11) is 0. The highest BCUT2D eigenvalue weighted by Crippen LogP contribution is 2.47. The summed E-state index contributed by atoms with van der Waals surface area (Å²) in [6, 6.07) is 15.0. The van der Waals surface area contributed by atoms with Crippen LogP contribution in [0.3, 0.4) is 0 Å². The van der Waals surface area contributed by atoms with Gasteiger partial charge >= 0.3 is 0 Å². The molecule has 2 aromatic carbocycles. The van der Waals surface area contributed by atoms with Crippen LogP contribution in [-0.4, -0.2) is 12.5 Å². The fourth-order valence-electron chi connectivity index (χ4n) is 2.81. The molecule has 1 aliphatic rings. The minimum absolute atomic E-state index is 0.0489. The first-order valence-electron chi connectivity index (χ1n) is 7.86. The van der Waals surface area contributed by atoms with Gasteiger partial charge in [0.15, 0.2) is 0 Å². The third-order valence-corrected chi connectivity index (χ3v) is 4.88. The summed E-state index contributed by atoms with van der Waals surface area (Å²) < 4.78 is 0. The second-order valence-electron chi connectivity index (χ2n) is 6.39. The van der Waals surface area contributed by atoms with Crippen molar-refractivity contribution in [1.29, 1.82) is 0 Å². The Bertz CT molecular complexity index is 690. The van der Waals surface area contributed by atoms with Crippen molar-refractivity contribution in [2.75, 3.05) is 6.54 Å². The normalized spacial score (nSPS) is 16.7. The number of hydrogen-bond acceptors (Lipinski definition) is 2. The Hall–Kier alpha value is -1.84. The van der Waals surface area contributed by atoms with Crippen molar-refractivity contribution in [1.82, 2.24) is 5.32 Å². The summed E-state index contributed by atoms with van der Waals surface area (Å²) in [5.74, 6) is -0.130. The molecule has 120 valence electrons. The Balaban J connectivity index is 1.62. The predicted molar refractivity (Wildman–Crippen MR) is 93.5 cm³/mol. The van der Waals surface area contributed by atoms with Crippen molar-refractivity contribution in [3.05, 3.63) is 70.2 Å². The van der Waals surface area contributed by atoms with Crippen LogP contribution in [0.5, 0.6) is 0 Å². The molecule has 0 saturated heterocycles. The SMILES string of the molecule is Cc1ccc(C(N)C(=O)NCC2(c3ccc(Cl)cc3)CC2)cc1. The van der Waals surface area contributed by atoms with Gasteiger partial charge in [-0.25, -0.2) is 0 Å². The maximum Gasteiger partial charge on any atom is 0.241 e. The first kappa shape index (κ1) is 16.0. The number of nitrogens with two attached hydrogens (primary N) is 1. The Morgan fingerprint density at radius 1 is 1.17 bits per heavy atom. The Morgan fingerprint density at radius 3 is 2.35 bits per heavy atom. The monoisotopic (exact) mass is 328 g/mol. The van der Waals surface area contributed by atoms with Gasteiger partial charge in [-0.15, -0.1) is 0 Å². The highest BCUT2D eigenvalue weighted by Gasteiger charge is 2.44. The van der Waals surface area contributed by atoms with Crippen molar-refractivity contribution >= 4 is 17.5 Å². The van der Waals surface area contributed by atoms with E-state index in [2.05, 4.69) is 5.32 Å². The van der Waals surface area contributed by atoms with Crippen molar-refractivity contribution in [3.63, 3.8) is 0 Å². The van der Waals surface area contributed by atoms with Crippen LogP contribution in [0.15, 0.2) is 48.5 Å². The lowest BCUT2D eigenvalue weighted by Gasteiger charge is -2.19. The first-order chi connectivity index (χ1) is 11.0. The van der Waals surface area contributed by atoms with Crippen molar-refractivity contribution in [2.45, 2.75) is 31.2 Å². The lowest BCUT2D eigenvalue weighted by molar-refractivity contribution is -0.122. The second kappa shape index (κ2) is 6.34. The zero-order valence-corrected chi connectivity index (χ0v) is 13.9. The highest BCUT2D eigenvalue weighted by atomic mass is 35.5. The number of halogens is 1. The number of benzene rings is 2. The highest BCUT2D eigenvalue weighted by molar-refractivity contribution is 6.30. The molecule has 23 heavy (non-hydrogen) atoms. The molecule has 3 nitrogen and oxygen atoms in total. The van der Waals surface area contributed by atoms with E-state index in [1.54, 1.807) is 0 Å². The van der Waals surface area contributed by atoms with Crippen molar-refractivity contribution in [3.8, 4) is 0 Å². The van der Waals surface area contributed by atoms with Gasteiger partial charge in [0.2, 0.25) is 5.91 Å². The Labute approximate surface area is 141 Å². The third kappa shape index (κ3) is 3.57. The van der Waals surface area contributed by atoms with Gasteiger partial charge in [-0.2, -0.15) is 0 Å². The van der Waals surface area contributed by atoms with E-state index in [1.807, 2.05) is 55.5 Å². The number of carbonyl (C=O) groups excluding carboxylic acids is 1. The van der Waals surface area contributed by atoms with Crippen molar-refractivity contribution < 1.29 is 4.79 Å².